The lowest BCUT2D eigenvalue weighted by atomic mass is 10.2. The highest BCUT2D eigenvalue weighted by molar-refractivity contribution is 5.94. The molecule has 0 unspecified atom stereocenters. The third kappa shape index (κ3) is 3.69. The third-order valence-electron chi connectivity index (χ3n) is 4.56. The van der Waals surface area contributed by atoms with Crippen molar-refractivity contribution in [3.8, 4) is 0 Å². The number of carbonyl (C=O) groups excluding carboxylic acids is 1. The van der Waals surface area contributed by atoms with Crippen LogP contribution in [0.15, 0.2) is 42.6 Å². The molecule has 3 rings (SSSR count). The molecule has 6 heteroatoms. The number of imidazole rings is 1. The van der Waals surface area contributed by atoms with Gasteiger partial charge in [0, 0.05) is 32.4 Å². The van der Waals surface area contributed by atoms with Gasteiger partial charge in [-0.25, -0.2) is 9.97 Å². The van der Waals surface area contributed by atoms with Gasteiger partial charge in [0.1, 0.15) is 11.6 Å². The van der Waals surface area contributed by atoms with E-state index in [1.807, 2.05) is 43.3 Å². The fourth-order valence-corrected chi connectivity index (χ4v) is 3.12. The molecule has 3 aromatic rings. The molecule has 0 saturated heterocycles. The second kappa shape index (κ2) is 7.99. The van der Waals surface area contributed by atoms with E-state index in [-0.39, 0.29) is 5.91 Å². The lowest BCUT2D eigenvalue weighted by molar-refractivity contribution is 0.0952. The Balaban J connectivity index is 1.61. The van der Waals surface area contributed by atoms with Crippen molar-refractivity contribution >= 4 is 22.8 Å². The van der Waals surface area contributed by atoms with Crippen LogP contribution >= 0.6 is 0 Å². The lowest BCUT2D eigenvalue weighted by Gasteiger charge is -2.19. The lowest BCUT2D eigenvalue weighted by Crippen LogP contribution is -2.28. The minimum atomic E-state index is -0.106. The topological polar surface area (TPSA) is 63.1 Å². The fourth-order valence-electron chi connectivity index (χ4n) is 3.12. The van der Waals surface area contributed by atoms with Gasteiger partial charge in [-0.3, -0.25) is 4.79 Å². The Hall–Kier alpha value is -2.89. The van der Waals surface area contributed by atoms with Crippen molar-refractivity contribution in [1.82, 2.24) is 19.9 Å². The standard InChI is InChI=1S/C20H25N5O/c1-4-24(5-2)19-11-10-16(14-22-19)20(26)21-12-13-25-15(3)23-17-8-6-7-9-18(17)25/h6-11,14H,4-5,12-13H2,1-3H3,(H,21,26). The quantitative estimate of drug-likeness (QED) is 0.711. The number of benzene rings is 1. The molecular weight excluding hydrogens is 326 g/mol. The number of rotatable bonds is 7. The summed E-state index contributed by atoms with van der Waals surface area (Å²) in [5, 5.41) is 2.96. The molecule has 0 fully saturated rings. The van der Waals surface area contributed by atoms with Gasteiger partial charge in [0.15, 0.2) is 0 Å². The Kier molecular flexibility index (Phi) is 5.51. The maximum Gasteiger partial charge on any atom is 0.252 e. The zero-order chi connectivity index (χ0) is 18.5. The molecule has 0 bridgehead atoms. The summed E-state index contributed by atoms with van der Waals surface area (Å²) in [6.07, 6.45) is 1.64. The number of nitrogens with one attached hydrogen (secondary N) is 1. The molecule has 0 aliphatic carbocycles. The van der Waals surface area contributed by atoms with E-state index >= 15 is 0 Å². The van der Waals surface area contributed by atoms with Gasteiger partial charge in [-0.1, -0.05) is 12.1 Å². The summed E-state index contributed by atoms with van der Waals surface area (Å²) < 4.78 is 2.12. The Bertz CT molecular complexity index is 881. The SMILES string of the molecule is CCN(CC)c1ccc(C(=O)NCCn2c(C)nc3ccccc32)cn1. The van der Waals surface area contributed by atoms with E-state index in [0.29, 0.717) is 18.7 Å². The second-order valence-corrected chi connectivity index (χ2v) is 6.13. The number of para-hydroxylation sites is 2. The van der Waals surface area contributed by atoms with Crippen molar-refractivity contribution < 1.29 is 4.79 Å². The minimum absolute atomic E-state index is 0.106. The molecule has 1 aromatic carbocycles. The van der Waals surface area contributed by atoms with E-state index in [9.17, 15) is 4.79 Å². The molecule has 0 spiro atoms. The number of amides is 1. The predicted molar refractivity (Wildman–Crippen MR) is 105 cm³/mol. The van der Waals surface area contributed by atoms with Gasteiger partial charge in [-0.2, -0.15) is 0 Å². The van der Waals surface area contributed by atoms with Crippen molar-refractivity contribution in [2.75, 3.05) is 24.5 Å². The first-order valence-electron chi connectivity index (χ1n) is 9.05. The predicted octanol–water partition coefficient (Wildman–Crippen LogP) is 3.02. The average molecular weight is 351 g/mol. The van der Waals surface area contributed by atoms with Crippen molar-refractivity contribution in [3.05, 3.63) is 54.0 Å². The highest BCUT2D eigenvalue weighted by atomic mass is 16.1. The number of pyridine rings is 1. The van der Waals surface area contributed by atoms with Crippen LogP contribution < -0.4 is 10.2 Å². The maximum atomic E-state index is 12.4. The van der Waals surface area contributed by atoms with Crippen molar-refractivity contribution in [1.29, 1.82) is 0 Å². The monoisotopic (exact) mass is 351 g/mol. The molecule has 26 heavy (non-hydrogen) atoms. The van der Waals surface area contributed by atoms with Gasteiger partial charge in [0.25, 0.3) is 5.91 Å². The maximum absolute atomic E-state index is 12.4. The number of carbonyl (C=O) groups is 1. The largest absolute Gasteiger partial charge is 0.357 e. The van der Waals surface area contributed by atoms with Gasteiger partial charge >= 0.3 is 0 Å². The molecule has 0 atom stereocenters. The molecule has 1 amide bonds. The highest BCUT2D eigenvalue weighted by Crippen LogP contribution is 2.15. The summed E-state index contributed by atoms with van der Waals surface area (Å²) in [5.74, 6) is 1.74. The summed E-state index contributed by atoms with van der Waals surface area (Å²) in [7, 11) is 0. The summed E-state index contributed by atoms with van der Waals surface area (Å²) >= 11 is 0. The summed E-state index contributed by atoms with van der Waals surface area (Å²) in [6, 6.07) is 11.8. The van der Waals surface area contributed by atoms with Crippen LogP contribution in [-0.2, 0) is 6.54 Å². The average Bonchev–Trinajstić information content (AvgIpc) is 2.99. The van der Waals surface area contributed by atoms with Crippen LogP contribution in [0.5, 0.6) is 0 Å². The normalized spacial score (nSPS) is 10.9. The number of fused-ring (bicyclic) bond motifs is 1. The summed E-state index contributed by atoms with van der Waals surface area (Å²) in [5.41, 5.74) is 2.64. The van der Waals surface area contributed by atoms with E-state index in [2.05, 4.69) is 38.6 Å². The molecule has 136 valence electrons. The van der Waals surface area contributed by atoms with E-state index in [1.165, 1.54) is 0 Å². The Morgan fingerprint density at radius 3 is 2.62 bits per heavy atom. The molecule has 0 aliphatic rings. The zero-order valence-electron chi connectivity index (χ0n) is 15.6. The van der Waals surface area contributed by atoms with Crippen LogP contribution in [0, 0.1) is 6.92 Å². The number of anilines is 1. The molecule has 6 nitrogen and oxygen atoms in total. The van der Waals surface area contributed by atoms with Gasteiger partial charge in [0.2, 0.25) is 0 Å². The number of hydrogen-bond acceptors (Lipinski definition) is 4. The van der Waals surface area contributed by atoms with Gasteiger partial charge in [0.05, 0.1) is 16.6 Å². The molecule has 0 aliphatic heterocycles. The van der Waals surface area contributed by atoms with Crippen LogP contribution in [-0.4, -0.2) is 40.1 Å². The van der Waals surface area contributed by atoms with E-state index in [0.717, 1.165) is 35.8 Å². The number of hydrogen-bond donors (Lipinski definition) is 1. The van der Waals surface area contributed by atoms with Crippen LogP contribution in [0.4, 0.5) is 5.82 Å². The minimum Gasteiger partial charge on any atom is -0.357 e. The number of aromatic nitrogens is 3. The van der Waals surface area contributed by atoms with Crippen molar-refractivity contribution in [2.24, 2.45) is 0 Å². The first kappa shape index (κ1) is 17.9. The van der Waals surface area contributed by atoms with Crippen LogP contribution in [0.3, 0.4) is 0 Å². The molecule has 1 N–H and O–H groups in total. The van der Waals surface area contributed by atoms with Gasteiger partial charge in [-0.15, -0.1) is 0 Å². The van der Waals surface area contributed by atoms with Gasteiger partial charge in [-0.05, 0) is 45.0 Å². The summed E-state index contributed by atoms with van der Waals surface area (Å²) in [4.78, 5) is 23.5. The van der Waals surface area contributed by atoms with Crippen LogP contribution in [0.2, 0.25) is 0 Å². The first-order valence-corrected chi connectivity index (χ1v) is 9.05. The van der Waals surface area contributed by atoms with E-state index in [4.69, 9.17) is 0 Å². The third-order valence-corrected chi connectivity index (χ3v) is 4.56. The molecule has 0 saturated carbocycles. The van der Waals surface area contributed by atoms with Crippen molar-refractivity contribution in [3.63, 3.8) is 0 Å². The molecule has 2 aromatic heterocycles. The number of aryl methyl sites for hydroxylation is 1. The van der Waals surface area contributed by atoms with Crippen molar-refractivity contribution in [2.45, 2.75) is 27.3 Å². The number of nitrogens with zero attached hydrogens (tertiary/aromatic N) is 4. The van der Waals surface area contributed by atoms with E-state index < -0.39 is 0 Å². The smallest absolute Gasteiger partial charge is 0.252 e. The molecular formula is C20H25N5O. The highest BCUT2D eigenvalue weighted by Gasteiger charge is 2.10. The Labute approximate surface area is 153 Å². The molecule has 2 heterocycles. The Morgan fingerprint density at radius 1 is 1.15 bits per heavy atom. The van der Waals surface area contributed by atoms with Crippen LogP contribution in [0.1, 0.15) is 30.0 Å². The summed E-state index contributed by atoms with van der Waals surface area (Å²) in [6.45, 7) is 9.18. The zero-order valence-corrected chi connectivity index (χ0v) is 15.6. The second-order valence-electron chi connectivity index (χ2n) is 6.13. The first-order chi connectivity index (χ1) is 12.6. The Morgan fingerprint density at radius 2 is 1.92 bits per heavy atom. The van der Waals surface area contributed by atoms with E-state index in [1.54, 1.807) is 6.20 Å². The van der Waals surface area contributed by atoms with Gasteiger partial charge < -0.3 is 14.8 Å². The fraction of sp³-hybridized carbons (Fsp3) is 0.350. The molecule has 0 radical (unpaired) electrons. The van der Waals surface area contributed by atoms with Crippen LogP contribution in [0.25, 0.3) is 11.0 Å².